The first kappa shape index (κ1) is 19.9. The van der Waals surface area contributed by atoms with Crippen LogP contribution in [0.15, 0.2) is 24.5 Å². The van der Waals surface area contributed by atoms with E-state index in [9.17, 15) is 13.2 Å². The van der Waals surface area contributed by atoms with E-state index in [1.54, 1.807) is 17.9 Å². The Morgan fingerprint density at radius 3 is 2.45 bits per heavy atom. The van der Waals surface area contributed by atoms with Gasteiger partial charge in [-0.3, -0.25) is 0 Å². The molecule has 1 aromatic heterocycles. The number of aryl methyl sites for hydroxylation is 2. The standard InChI is InChI=1S/C21H27F3N5/c1-14-5-6-17(28-9-7-26(3)8-10-28)20-25-27(4)13-29(20)18-12-16(21(22,23)24)11-15(2)19(14)18/h6,11-14H,5,7-10H2,1-4H3/q+1. The molecule has 29 heavy (non-hydrogen) atoms. The molecule has 0 spiro atoms. The van der Waals surface area contributed by atoms with E-state index < -0.39 is 11.7 Å². The molecule has 2 aromatic rings. The van der Waals surface area contributed by atoms with Crippen LogP contribution in [0, 0.1) is 6.92 Å². The molecule has 0 saturated carbocycles. The van der Waals surface area contributed by atoms with E-state index in [0.29, 0.717) is 17.1 Å². The molecule has 0 radical (unpaired) electrons. The first-order valence-electron chi connectivity index (χ1n) is 9.96. The van der Waals surface area contributed by atoms with Gasteiger partial charge in [0.05, 0.1) is 12.6 Å². The van der Waals surface area contributed by atoms with E-state index in [0.717, 1.165) is 43.9 Å². The SMILES string of the molecule is Cc1cc(C(F)(F)F)cc2c1C(C)CC=C(N1CCN(C)CC1)c1nn(C)c[n+]1-2. The van der Waals surface area contributed by atoms with Gasteiger partial charge in [0.25, 0.3) is 0 Å². The third-order valence-electron chi connectivity index (χ3n) is 5.95. The van der Waals surface area contributed by atoms with E-state index in [4.69, 9.17) is 0 Å². The highest BCUT2D eigenvalue weighted by atomic mass is 19.4. The second-order valence-electron chi connectivity index (χ2n) is 8.22. The van der Waals surface area contributed by atoms with Crippen LogP contribution in [0.5, 0.6) is 0 Å². The molecule has 1 unspecified atom stereocenters. The van der Waals surface area contributed by atoms with Gasteiger partial charge in [0.1, 0.15) is 11.4 Å². The van der Waals surface area contributed by atoms with Gasteiger partial charge in [0, 0.05) is 31.3 Å². The van der Waals surface area contributed by atoms with Gasteiger partial charge < -0.3 is 9.80 Å². The second kappa shape index (κ2) is 7.16. The van der Waals surface area contributed by atoms with Gasteiger partial charge in [-0.2, -0.15) is 17.7 Å². The molecule has 156 valence electrons. The summed E-state index contributed by atoms with van der Waals surface area (Å²) in [6, 6.07) is 2.54. The van der Waals surface area contributed by atoms with Crippen molar-refractivity contribution in [3.63, 3.8) is 0 Å². The zero-order chi connectivity index (χ0) is 20.9. The number of hydrogen-bond acceptors (Lipinski definition) is 3. The van der Waals surface area contributed by atoms with Gasteiger partial charge in [-0.1, -0.05) is 13.0 Å². The molecule has 8 heteroatoms. The first-order chi connectivity index (χ1) is 13.6. The summed E-state index contributed by atoms with van der Waals surface area (Å²) < 4.78 is 44.1. The summed E-state index contributed by atoms with van der Waals surface area (Å²) in [4.78, 5) is 4.58. The van der Waals surface area contributed by atoms with Gasteiger partial charge >= 0.3 is 12.0 Å². The number of hydrogen-bond donors (Lipinski definition) is 0. The predicted octanol–water partition coefficient (Wildman–Crippen LogP) is 3.12. The highest BCUT2D eigenvalue weighted by Gasteiger charge is 2.36. The molecular weight excluding hydrogens is 379 g/mol. The lowest BCUT2D eigenvalue weighted by molar-refractivity contribution is -0.600. The van der Waals surface area contributed by atoms with Crippen molar-refractivity contribution in [1.29, 1.82) is 0 Å². The number of allylic oxidation sites excluding steroid dienone is 1. The number of nitrogens with zero attached hydrogens (tertiary/aromatic N) is 5. The molecule has 5 nitrogen and oxygen atoms in total. The number of fused-ring (bicyclic) bond motifs is 3. The summed E-state index contributed by atoms with van der Waals surface area (Å²) in [5.41, 5.74) is 2.58. The summed E-state index contributed by atoms with van der Waals surface area (Å²) in [5, 5.41) is 4.65. The number of halogens is 3. The van der Waals surface area contributed by atoms with Crippen LogP contribution < -0.4 is 4.57 Å². The predicted molar refractivity (Wildman–Crippen MR) is 105 cm³/mol. The van der Waals surface area contributed by atoms with Crippen LogP contribution in [0.3, 0.4) is 0 Å². The molecule has 1 atom stereocenters. The molecule has 0 amide bonds. The second-order valence-corrected chi connectivity index (χ2v) is 8.22. The summed E-state index contributed by atoms with van der Waals surface area (Å²) in [6.07, 6.45) is 0.354. The van der Waals surface area contributed by atoms with Gasteiger partial charge in [0.15, 0.2) is 0 Å². The first-order valence-corrected chi connectivity index (χ1v) is 9.96. The Hall–Kier alpha value is -2.35. The van der Waals surface area contributed by atoms with Crippen LogP contribution in [0.2, 0.25) is 0 Å². The van der Waals surface area contributed by atoms with Crippen molar-refractivity contribution in [1.82, 2.24) is 19.6 Å². The van der Waals surface area contributed by atoms with Crippen molar-refractivity contribution in [2.24, 2.45) is 7.05 Å². The van der Waals surface area contributed by atoms with Crippen molar-refractivity contribution in [2.45, 2.75) is 32.4 Å². The number of rotatable bonds is 1. The van der Waals surface area contributed by atoms with Crippen LogP contribution in [0.4, 0.5) is 13.2 Å². The van der Waals surface area contributed by atoms with Crippen LogP contribution in [0.25, 0.3) is 11.4 Å². The maximum atomic E-state index is 13.5. The smallest absolute Gasteiger partial charge is 0.364 e. The average Bonchev–Trinajstić information content (AvgIpc) is 3.01. The lowest BCUT2D eigenvalue weighted by atomic mass is 9.89. The summed E-state index contributed by atoms with van der Waals surface area (Å²) in [5.74, 6) is 0.805. The molecular formula is C21H27F3N5+. The van der Waals surface area contributed by atoms with Gasteiger partial charge in [-0.15, -0.1) is 4.68 Å². The molecule has 0 bridgehead atoms. The van der Waals surface area contributed by atoms with Crippen molar-refractivity contribution in [2.75, 3.05) is 33.2 Å². The van der Waals surface area contributed by atoms with E-state index in [1.165, 1.54) is 12.1 Å². The zero-order valence-corrected chi connectivity index (χ0v) is 17.3. The van der Waals surface area contributed by atoms with Crippen LogP contribution in [-0.2, 0) is 13.2 Å². The molecule has 4 rings (SSSR count). The number of likely N-dealkylation sites (N-methyl/N-ethyl adjacent to an activating group) is 1. The molecule has 2 aliphatic heterocycles. The van der Waals surface area contributed by atoms with Crippen LogP contribution >= 0.6 is 0 Å². The molecule has 0 N–H and O–H groups in total. The topological polar surface area (TPSA) is 28.2 Å². The van der Waals surface area contributed by atoms with Crippen molar-refractivity contribution in [3.05, 3.63) is 47.1 Å². The van der Waals surface area contributed by atoms with E-state index >= 15 is 0 Å². The van der Waals surface area contributed by atoms with E-state index in [-0.39, 0.29) is 5.92 Å². The highest BCUT2D eigenvalue weighted by Crippen LogP contribution is 2.37. The Morgan fingerprint density at radius 1 is 1.10 bits per heavy atom. The number of piperazine rings is 1. The number of alkyl halides is 3. The molecule has 2 aliphatic rings. The third kappa shape index (κ3) is 3.66. The molecule has 0 aliphatic carbocycles. The lowest BCUT2D eigenvalue weighted by Crippen LogP contribution is -2.46. The van der Waals surface area contributed by atoms with E-state index in [1.807, 2.05) is 11.6 Å². The Labute approximate surface area is 169 Å². The normalized spacial score (nSPS) is 20.6. The quantitative estimate of drug-likeness (QED) is 0.682. The molecule has 1 saturated heterocycles. The zero-order valence-electron chi connectivity index (χ0n) is 17.3. The largest absolute Gasteiger partial charge is 0.416 e. The monoisotopic (exact) mass is 406 g/mol. The van der Waals surface area contributed by atoms with Crippen LogP contribution in [-0.4, -0.2) is 52.8 Å². The fraction of sp³-hybridized carbons (Fsp3) is 0.524. The third-order valence-corrected chi connectivity index (χ3v) is 5.95. The Balaban J connectivity index is 1.90. The Morgan fingerprint density at radius 2 is 1.79 bits per heavy atom. The number of aromatic nitrogens is 3. The summed E-state index contributed by atoms with van der Waals surface area (Å²) in [7, 11) is 3.91. The number of benzene rings is 1. The lowest BCUT2D eigenvalue weighted by Gasteiger charge is -2.35. The van der Waals surface area contributed by atoms with Crippen LogP contribution in [0.1, 0.15) is 41.8 Å². The van der Waals surface area contributed by atoms with E-state index in [2.05, 4.69) is 34.9 Å². The van der Waals surface area contributed by atoms with Gasteiger partial charge in [-0.05, 0) is 49.6 Å². The summed E-state index contributed by atoms with van der Waals surface area (Å²) >= 11 is 0. The Bertz CT molecular complexity index is 952. The molecule has 1 aromatic carbocycles. The maximum Gasteiger partial charge on any atom is 0.416 e. The van der Waals surface area contributed by atoms with Crippen molar-refractivity contribution < 1.29 is 17.7 Å². The average molecular weight is 406 g/mol. The minimum absolute atomic E-state index is 0.107. The minimum Gasteiger partial charge on any atom is -0.364 e. The fourth-order valence-corrected chi connectivity index (χ4v) is 4.40. The molecule has 3 heterocycles. The summed E-state index contributed by atoms with van der Waals surface area (Å²) in [6.45, 7) is 7.51. The van der Waals surface area contributed by atoms with Crippen molar-refractivity contribution >= 4 is 5.70 Å². The minimum atomic E-state index is -4.38. The fourth-order valence-electron chi connectivity index (χ4n) is 4.40. The van der Waals surface area contributed by atoms with Gasteiger partial charge in [-0.25, -0.2) is 0 Å². The van der Waals surface area contributed by atoms with Gasteiger partial charge in [0.2, 0.25) is 6.33 Å². The van der Waals surface area contributed by atoms with Crippen molar-refractivity contribution in [3.8, 4) is 5.69 Å². The highest BCUT2D eigenvalue weighted by molar-refractivity contribution is 5.59. The Kier molecular flexibility index (Phi) is 4.93. The maximum absolute atomic E-state index is 13.5. The molecule has 1 fully saturated rings.